The van der Waals surface area contributed by atoms with Crippen molar-refractivity contribution in [1.29, 1.82) is 5.26 Å². The van der Waals surface area contributed by atoms with Crippen LogP contribution in [0, 0.1) is 22.2 Å². The maximum Gasteiger partial charge on any atom is 0.311 e. The van der Waals surface area contributed by atoms with Gasteiger partial charge in [0.2, 0.25) is 0 Å². The first-order valence-corrected chi connectivity index (χ1v) is 9.53. The number of nitriles is 1. The molecule has 5 nitrogen and oxygen atoms in total. The summed E-state index contributed by atoms with van der Waals surface area (Å²) in [4.78, 5) is 23.4. The molecule has 29 heavy (non-hydrogen) atoms. The van der Waals surface area contributed by atoms with Gasteiger partial charge < -0.3 is 9.84 Å². The van der Waals surface area contributed by atoms with Crippen LogP contribution in [0.3, 0.4) is 0 Å². The van der Waals surface area contributed by atoms with Crippen LogP contribution in [0.5, 0.6) is 5.75 Å². The standard InChI is InChI=1S/C24H27NO4/c1-23(2,13-21(26)27)16-24(3,4)14-22(28)29-20-11-9-19(10-12-20)18-7-5-17(15-25)6-8-18/h5-12H,13-14,16H2,1-4H3,(H,26,27). The zero-order valence-electron chi connectivity index (χ0n) is 17.4. The Hall–Kier alpha value is -3.13. The monoisotopic (exact) mass is 393 g/mol. The number of esters is 1. The molecule has 2 rings (SSSR count). The van der Waals surface area contributed by atoms with Gasteiger partial charge in [-0.25, -0.2) is 0 Å². The molecule has 0 amide bonds. The highest BCUT2D eigenvalue weighted by atomic mass is 16.5. The lowest BCUT2D eigenvalue weighted by Crippen LogP contribution is -2.28. The smallest absolute Gasteiger partial charge is 0.311 e. The molecular formula is C24H27NO4. The number of carboxylic acid groups (broad SMARTS) is 1. The predicted octanol–water partition coefficient (Wildman–Crippen LogP) is 5.44. The van der Waals surface area contributed by atoms with Crippen molar-refractivity contribution in [2.24, 2.45) is 10.8 Å². The molecule has 0 heterocycles. The van der Waals surface area contributed by atoms with Crippen LogP contribution in [0.1, 0.15) is 52.5 Å². The van der Waals surface area contributed by atoms with Gasteiger partial charge in [-0.2, -0.15) is 5.26 Å². The molecule has 0 aromatic heterocycles. The van der Waals surface area contributed by atoms with E-state index in [-0.39, 0.29) is 24.2 Å². The highest BCUT2D eigenvalue weighted by Crippen LogP contribution is 2.38. The number of ether oxygens (including phenoxy) is 1. The molecule has 0 unspecified atom stereocenters. The highest BCUT2D eigenvalue weighted by molar-refractivity contribution is 5.74. The summed E-state index contributed by atoms with van der Waals surface area (Å²) in [6.45, 7) is 7.70. The third-order valence-electron chi connectivity index (χ3n) is 4.64. The van der Waals surface area contributed by atoms with Crippen LogP contribution in [-0.2, 0) is 9.59 Å². The molecule has 0 fully saturated rings. The fourth-order valence-corrected chi connectivity index (χ4v) is 3.84. The molecule has 5 heteroatoms. The largest absolute Gasteiger partial charge is 0.481 e. The average molecular weight is 393 g/mol. The highest BCUT2D eigenvalue weighted by Gasteiger charge is 2.32. The normalized spacial score (nSPS) is 11.6. The van der Waals surface area contributed by atoms with E-state index in [1.807, 2.05) is 52.0 Å². The second kappa shape index (κ2) is 8.91. The van der Waals surface area contributed by atoms with Gasteiger partial charge >= 0.3 is 11.9 Å². The minimum Gasteiger partial charge on any atom is -0.481 e. The van der Waals surface area contributed by atoms with Crippen LogP contribution in [0.25, 0.3) is 11.1 Å². The maximum atomic E-state index is 12.4. The minimum atomic E-state index is -0.837. The van der Waals surface area contributed by atoms with E-state index in [9.17, 15) is 9.59 Å². The van der Waals surface area contributed by atoms with Crippen LogP contribution in [0.15, 0.2) is 48.5 Å². The molecule has 0 atom stereocenters. The Kier molecular flexibility index (Phi) is 6.81. The average Bonchev–Trinajstić information content (AvgIpc) is 2.59. The van der Waals surface area contributed by atoms with Gasteiger partial charge in [0.15, 0.2) is 0 Å². The van der Waals surface area contributed by atoms with Gasteiger partial charge in [-0.15, -0.1) is 0 Å². The van der Waals surface area contributed by atoms with Crippen molar-refractivity contribution in [3.05, 3.63) is 54.1 Å². The minimum absolute atomic E-state index is 0.0578. The Morgan fingerprint density at radius 1 is 0.897 bits per heavy atom. The summed E-state index contributed by atoms with van der Waals surface area (Å²) in [7, 11) is 0. The number of carbonyl (C=O) groups is 2. The molecule has 0 aliphatic heterocycles. The van der Waals surface area contributed by atoms with Crippen molar-refractivity contribution in [3.8, 4) is 22.9 Å². The van der Waals surface area contributed by atoms with Crippen LogP contribution in [-0.4, -0.2) is 17.0 Å². The summed E-state index contributed by atoms with van der Waals surface area (Å²) in [5.41, 5.74) is 1.76. The number of rotatable bonds is 8. The van der Waals surface area contributed by atoms with Crippen molar-refractivity contribution < 1.29 is 19.4 Å². The molecule has 2 aromatic rings. The van der Waals surface area contributed by atoms with Gasteiger partial charge in [0.05, 0.1) is 24.5 Å². The van der Waals surface area contributed by atoms with Crippen LogP contribution in [0.4, 0.5) is 0 Å². The van der Waals surface area contributed by atoms with E-state index in [4.69, 9.17) is 15.1 Å². The summed E-state index contributed by atoms with van der Waals surface area (Å²) >= 11 is 0. The first-order valence-electron chi connectivity index (χ1n) is 9.53. The maximum absolute atomic E-state index is 12.4. The number of benzene rings is 2. The predicted molar refractivity (Wildman–Crippen MR) is 111 cm³/mol. The molecule has 2 aromatic carbocycles. The molecule has 0 saturated carbocycles. The second-order valence-corrected chi connectivity index (χ2v) is 8.94. The lowest BCUT2D eigenvalue weighted by Gasteiger charge is -2.33. The summed E-state index contributed by atoms with van der Waals surface area (Å²) < 4.78 is 5.47. The number of carboxylic acids is 1. The second-order valence-electron chi connectivity index (χ2n) is 8.94. The first kappa shape index (κ1) is 22.2. The van der Waals surface area contributed by atoms with Crippen molar-refractivity contribution in [2.45, 2.75) is 47.0 Å². The molecule has 0 aliphatic carbocycles. The van der Waals surface area contributed by atoms with E-state index >= 15 is 0 Å². The lowest BCUT2D eigenvalue weighted by molar-refractivity contribution is -0.139. The fraction of sp³-hybridized carbons (Fsp3) is 0.375. The molecule has 0 spiro atoms. The Balaban J connectivity index is 1.97. The first-order chi connectivity index (χ1) is 13.5. The van der Waals surface area contributed by atoms with Crippen molar-refractivity contribution in [2.75, 3.05) is 0 Å². The summed E-state index contributed by atoms with van der Waals surface area (Å²) in [6, 6.07) is 16.6. The van der Waals surface area contributed by atoms with Gasteiger partial charge in [0.1, 0.15) is 5.75 Å². The number of hydrogen-bond acceptors (Lipinski definition) is 4. The topological polar surface area (TPSA) is 87.4 Å². The van der Waals surface area contributed by atoms with E-state index < -0.39 is 11.4 Å². The van der Waals surface area contributed by atoms with Crippen molar-refractivity contribution in [1.82, 2.24) is 0 Å². The van der Waals surface area contributed by atoms with Crippen LogP contribution < -0.4 is 4.74 Å². The van der Waals surface area contributed by atoms with E-state index in [1.165, 1.54) is 0 Å². The van der Waals surface area contributed by atoms with Crippen molar-refractivity contribution >= 4 is 11.9 Å². The zero-order valence-corrected chi connectivity index (χ0v) is 17.4. The number of carbonyl (C=O) groups excluding carboxylic acids is 1. The zero-order chi connectivity index (χ0) is 21.7. The van der Waals surface area contributed by atoms with Crippen molar-refractivity contribution in [3.63, 3.8) is 0 Å². The molecular weight excluding hydrogens is 366 g/mol. The molecule has 152 valence electrons. The lowest BCUT2D eigenvalue weighted by atomic mass is 9.72. The quantitative estimate of drug-likeness (QED) is 0.477. The van der Waals surface area contributed by atoms with E-state index in [0.717, 1.165) is 11.1 Å². The van der Waals surface area contributed by atoms with Gasteiger partial charge in [-0.3, -0.25) is 9.59 Å². The van der Waals surface area contributed by atoms with E-state index in [2.05, 4.69) is 6.07 Å². The number of aliphatic carboxylic acids is 1. The summed E-state index contributed by atoms with van der Waals surface area (Å²) in [5, 5.41) is 17.9. The summed E-state index contributed by atoms with van der Waals surface area (Å²) in [5.74, 6) is -0.712. The van der Waals surface area contributed by atoms with Gasteiger partial charge in [0, 0.05) is 0 Å². The summed E-state index contributed by atoms with van der Waals surface area (Å²) in [6.07, 6.45) is 0.856. The molecule has 0 aliphatic rings. The van der Waals surface area contributed by atoms with Gasteiger partial charge in [-0.1, -0.05) is 52.0 Å². The van der Waals surface area contributed by atoms with Gasteiger partial charge in [-0.05, 0) is 52.6 Å². The Morgan fingerprint density at radius 3 is 1.86 bits per heavy atom. The molecule has 0 radical (unpaired) electrons. The number of nitrogens with zero attached hydrogens (tertiary/aromatic N) is 1. The Bertz CT molecular complexity index is 903. The van der Waals surface area contributed by atoms with Crippen LogP contribution >= 0.6 is 0 Å². The van der Waals surface area contributed by atoms with Gasteiger partial charge in [0.25, 0.3) is 0 Å². The molecule has 1 N–H and O–H groups in total. The SMILES string of the molecule is CC(C)(CC(=O)O)CC(C)(C)CC(=O)Oc1ccc(-c2ccc(C#N)cc2)cc1. The molecule has 0 bridgehead atoms. The van der Waals surface area contributed by atoms with E-state index in [0.29, 0.717) is 17.7 Å². The third-order valence-corrected chi connectivity index (χ3v) is 4.64. The van der Waals surface area contributed by atoms with E-state index in [1.54, 1.807) is 24.3 Å². The molecule has 0 saturated heterocycles. The van der Waals surface area contributed by atoms with Crippen LogP contribution in [0.2, 0.25) is 0 Å². The Morgan fingerprint density at radius 2 is 1.38 bits per heavy atom. The number of hydrogen-bond donors (Lipinski definition) is 1. The fourth-order valence-electron chi connectivity index (χ4n) is 3.84. The third kappa shape index (κ3) is 7.08. The Labute approximate surface area is 171 Å².